The first-order valence-corrected chi connectivity index (χ1v) is 26.0. The van der Waals surface area contributed by atoms with Gasteiger partial charge in [-0.25, -0.2) is 4.98 Å². The van der Waals surface area contributed by atoms with Gasteiger partial charge in [0.2, 0.25) is 12.2 Å². The topological polar surface area (TPSA) is 61.6 Å². The van der Waals surface area contributed by atoms with Gasteiger partial charge in [-0.2, -0.15) is 0 Å². The van der Waals surface area contributed by atoms with E-state index in [1.165, 1.54) is 22.3 Å². The second-order valence-electron chi connectivity index (χ2n) is 24.4. The van der Waals surface area contributed by atoms with Crippen LogP contribution in [0.15, 0.2) is 152 Å². The molecule has 0 aliphatic carbocycles. The summed E-state index contributed by atoms with van der Waals surface area (Å²) in [6, 6.07) is 51.9. The highest BCUT2D eigenvalue weighted by Crippen LogP contribution is 2.39. The van der Waals surface area contributed by atoms with Crippen LogP contribution in [0, 0.1) is 27.1 Å². The van der Waals surface area contributed by atoms with E-state index in [2.05, 4.69) is 253 Å². The number of hydrogen-bond donors (Lipinski definition) is 0. The molecule has 0 unspecified atom stereocenters. The quantitative estimate of drug-likeness (QED) is 0.112. The molecule has 0 fully saturated rings. The third-order valence-corrected chi connectivity index (χ3v) is 14.5. The molecule has 0 spiro atoms. The fourth-order valence-corrected chi connectivity index (χ4v) is 9.99. The third-order valence-electron chi connectivity index (χ3n) is 14.5. The minimum absolute atomic E-state index is 0.105. The van der Waals surface area contributed by atoms with E-state index in [-0.39, 0.29) is 21.7 Å². The first-order chi connectivity index (χ1) is 34.9. The van der Waals surface area contributed by atoms with Crippen LogP contribution >= 0.6 is 0 Å². The Hall–Kier alpha value is -7.64. The molecule has 0 saturated carbocycles. The Morgan fingerprint density at radius 1 is 0.486 bits per heavy atom. The molecule has 74 heavy (non-hydrogen) atoms. The van der Waals surface area contributed by atoms with Crippen LogP contribution in [-0.2, 0) is 21.7 Å². The molecular formula is C67H70N6O. The molecule has 7 heteroatoms. The number of aryl methyl sites for hydroxylation is 3. The van der Waals surface area contributed by atoms with Crippen molar-refractivity contribution in [2.24, 2.45) is 0 Å². The normalized spacial score (nSPS) is 12.5. The van der Waals surface area contributed by atoms with Gasteiger partial charge in [0, 0.05) is 57.5 Å². The van der Waals surface area contributed by atoms with E-state index in [0.717, 1.165) is 83.8 Å². The molecule has 10 aromatic rings. The Bertz CT molecular complexity index is 3590. The second-order valence-corrected chi connectivity index (χ2v) is 24.4. The maximum atomic E-state index is 7.06. The summed E-state index contributed by atoms with van der Waals surface area (Å²) in [6.07, 6.45) is 5.75. The van der Waals surface area contributed by atoms with E-state index in [1.807, 2.05) is 23.0 Å². The van der Waals surface area contributed by atoms with Crippen molar-refractivity contribution in [2.45, 2.75) is 126 Å². The van der Waals surface area contributed by atoms with Gasteiger partial charge < -0.3 is 9.30 Å². The number of benzene rings is 6. The van der Waals surface area contributed by atoms with E-state index < -0.39 is 0 Å². The van der Waals surface area contributed by atoms with Crippen molar-refractivity contribution < 1.29 is 9.30 Å². The molecular weight excluding hydrogens is 905 g/mol. The first-order valence-electron chi connectivity index (χ1n) is 26.0. The Morgan fingerprint density at radius 3 is 1.68 bits per heavy atom. The number of para-hydroxylation sites is 1. The monoisotopic (exact) mass is 975 g/mol. The maximum absolute atomic E-state index is 7.06. The lowest BCUT2D eigenvalue weighted by atomic mass is 9.79. The summed E-state index contributed by atoms with van der Waals surface area (Å²) >= 11 is 0. The fraction of sp³-hybridized carbons (Fsp3) is 0.284. The van der Waals surface area contributed by atoms with Gasteiger partial charge in [0.15, 0.2) is 5.82 Å². The Kier molecular flexibility index (Phi) is 12.4. The summed E-state index contributed by atoms with van der Waals surface area (Å²) in [5.41, 5.74) is 16.1. The number of ether oxygens (including phenoxy) is 1. The highest BCUT2D eigenvalue weighted by molar-refractivity contribution is 6.09. The predicted molar refractivity (Wildman–Crippen MR) is 306 cm³/mol. The molecule has 7 nitrogen and oxygen atoms in total. The summed E-state index contributed by atoms with van der Waals surface area (Å²) < 4.78 is 13.3. The van der Waals surface area contributed by atoms with Crippen LogP contribution < -0.4 is 9.30 Å². The van der Waals surface area contributed by atoms with Crippen molar-refractivity contribution in [3.8, 4) is 62.6 Å². The predicted octanol–water partition coefficient (Wildman–Crippen LogP) is 16.7. The number of aromatic nitrogens is 6. The van der Waals surface area contributed by atoms with Gasteiger partial charge in [-0.3, -0.25) is 9.55 Å². The summed E-state index contributed by atoms with van der Waals surface area (Å²) in [7, 11) is 0. The average Bonchev–Trinajstić information content (AvgIpc) is 3.94. The molecule has 10 rings (SSSR count). The third kappa shape index (κ3) is 9.68. The van der Waals surface area contributed by atoms with Crippen LogP contribution in [0.1, 0.15) is 122 Å². The summed E-state index contributed by atoms with van der Waals surface area (Å²) in [5, 5.41) is 7.79. The van der Waals surface area contributed by atoms with Crippen LogP contribution in [0.4, 0.5) is 0 Å². The Labute approximate surface area is 438 Å². The summed E-state index contributed by atoms with van der Waals surface area (Å²) in [4.78, 5) is 10.5. The SMILES string of the molecule is Cc1cc(-n2c3ccccc3c3ccc(Oc4cc(-c5c(C)cccc5C)nc(-n5[c-][n+](-c6cc(C(C)(C)C)cc(C(C)(C)C)c6)c(-c6cc(C(C)(C)C)cc(C(C)(C)C)c6)n5)c4)cc32)ncc1-c1ccccc1. The number of pyridine rings is 2. The largest absolute Gasteiger partial charge is 0.458 e. The van der Waals surface area contributed by atoms with Gasteiger partial charge in [-0.05, 0) is 116 Å². The first kappa shape index (κ1) is 49.9. The highest BCUT2D eigenvalue weighted by Gasteiger charge is 2.27. The van der Waals surface area contributed by atoms with E-state index in [9.17, 15) is 0 Å². The fourth-order valence-electron chi connectivity index (χ4n) is 9.99. The smallest absolute Gasteiger partial charge is 0.232 e. The van der Waals surface area contributed by atoms with Gasteiger partial charge >= 0.3 is 0 Å². The van der Waals surface area contributed by atoms with Crippen molar-refractivity contribution in [3.63, 3.8) is 0 Å². The van der Waals surface area contributed by atoms with Gasteiger partial charge in [0.25, 0.3) is 0 Å². The highest BCUT2D eigenvalue weighted by atomic mass is 16.5. The number of hydrogen-bond acceptors (Lipinski definition) is 4. The molecule has 6 aromatic carbocycles. The number of rotatable bonds is 8. The van der Waals surface area contributed by atoms with Crippen LogP contribution in [0.3, 0.4) is 0 Å². The zero-order valence-electron chi connectivity index (χ0n) is 46.0. The summed E-state index contributed by atoms with van der Waals surface area (Å²) in [5.74, 6) is 3.51. The van der Waals surface area contributed by atoms with Crippen molar-refractivity contribution in [1.82, 2.24) is 24.3 Å². The van der Waals surface area contributed by atoms with Crippen molar-refractivity contribution in [3.05, 3.63) is 197 Å². The lowest BCUT2D eigenvalue weighted by Crippen LogP contribution is -2.33. The van der Waals surface area contributed by atoms with Crippen LogP contribution in [0.25, 0.3) is 72.9 Å². The molecule has 0 bridgehead atoms. The molecule has 4 heterocycles. The van der Waals surface area contributed by atoms with Gasteiger partial charge in [-0.1, -0.05) is 186 Å². The molecule has 4 aromatic heterocycles. The van der Waals surface area contributed by atoms with Crippen LogP contribution in [0.2, 0.25) is 0 Å². The molecule has 0 N–H and O–H groups in total. The van der Waals surface area contributed by atoms with E-state index in [0.29, 0.717) is 17.3 Å². The van der Waals surface area contributed by atoms with E-state index in [4.69, 9.17) is 19.8 Å². The second kappa shape index (κ2) is 18.4. The average molecular weight is 975 g/mol. The summed E-state index contributed by atoms with van der Waals surface area (Å²) in [6.45, 7) is 33.8. The molecule has 0 atom stereocenters. The molecule has 374 valence electrons. The zero-order chi connectivity index (χ0) is 52.6. The molecule has 0 radical (unpaired) electrons. The van der Waals surface area contributed by atoms with Crippen LogP contribution in [-0.4, -0.2) is 24.3 Å². The molecule has 0 aliphatic rings. The van der Waals surface area contributed by atoms with Gasteiger partial charge in [-0.15, -0.1) is 4.68 Å². The molecule has 0 amide bonds. The Morgan fingerprint density at radius 2 is 1.07 bits per heavy atom. The van der Waals surface area contributed by atoms with Gasteiger partial charge in [0.05, 0.1) is 16.7 Å². The lowest BCUT2D eigenvalue weighted by molar-refractivity contribution is -0.589. The number of nitrogens with zero attached hydrogens (tertiary/aromatic N) is 6. The zero-order valence-corrected chi connectivity index (χ0v) is 46.0. The maximum Gasteiger partial charge on any atom is 0.232 e. The van der Waals surface area contributed by atoms with Crippen LogP contribution in [0.5, 0.6) is 11.5 Å². The minimum Gasteiger partial charge on any atom is -0.458 e. The van der Waals surface area contributed by atoms with Crippen molar-refractivity contribution in [2.75, 3.05) is 0 Å². The van der Waals surface area contributed by atoms with E-state index >= 15 is 0 Å². The minimum atomic E-state index is -0.106. The molecule has 0 aliphatic heterocycles. The Balaban J connectivity index is 1.18. The molecule has 0 saturated heterocycles. The van der Waals surface area contributed by atoms with Gasteiger partial charge in [0.1, 0.15) is 17.3 Å². The number of fused-ring (bicyclic) bond motifs is 3. The standard InChI is InChI=1S/C67H70N6O/c1-42-22-21-23-43(2)62(42)57-37-53(74-52-28-29-55-54-26-19-20-27-58(54)73(59(55)38-52)60-30-44(3)56(40-68-60)45-24-17-16-18-25-45)39-61(69-57)72-41-71(51-35-49(66(10,11)12)34-50(36-51)67(13,14)15)63(70-72)46-31-47(64(4,5)6)33-48(32-46)65(7,8)9/h16-40H,1-15H3. The lowest BCUT2D eigenvalue weighted by Gasteiger charge is -2.27. The van der Waals surface area contributed by atoms with E-state index in [1.54, 1.807) is 0 Å². The van der Waals surface area contributed by atoms with Crippen molar-refractivity contribution in [1.29, 1.82) is 0 Å². The van der Waals surface area contributed by atoms with Crippen molar-refractivity contribution >= 4 is 21.8 Å².